The minimum Gasteiger partial charge on any atom is -0.322 e. The van der Waals surface area contributed by atoms with Gasteiger partial charge in [-0.2, -0.15) is 0 Å². The van der Waals surface area contributed by atoms with Crippen LogP contribution in [0.3, 0.4) is 0 Å². The van der Waals surface area contributed by atoms with Gasteiger partial charge in [-0.1, -0.05) is 5.20 Å². The summed E-state index contributed by atoms with van der Waals surface area (Å²) >= 11 is 0. The van der Waals surface area contributed by atoms with E-state index in [9.17, 15) is 9.59 Å². The van der Waals surface area contributed by atoms with Crippen molar-refractivity contribution in [2.45, 2.75) is 20.0 Å². The lowest BCUT2D eigenvalue weighted by atomic mass is 10.3. The van der Waals surface area contributed by atoms with Crippen LogP contribution in [0.1, 0.15) is 13.8 Å². The maximum absolute atomic E-state index is 11.1. The second kappa shape index (κ2) is 4.95. The number of hydrogen-bond donors (Lipinski definition) is 0. The molecule has 0 atom stereocenters. The first kappa shape index (κ1) is 12.9. The Hall–Kier alpha value is -1.10. The molecule has 0 N–H and O–H groups in total. The molecule has 77 valence electrons. The van der Waals surface area contributed by atoms with E-state index in [0.717, 1.165) is 0 Å². The molecular weight excluding hydrogens is 196 g/mol. The van der Waals surface area contributed by atoms with E-state index in [4.69, 9.17) is 0 Å². The normalized spacial score (nSPS) is 9.86. The standard InChI is InChI=1S/C9H15N2O2Si/c1-6(14)9(10(4)7(2)12)11(5)8(3)13/h9H,1H2,2-5H3. The van der Waals surface area contributed by atoms with Crippen molar-refractivity contribution in [1.82, 2.24) is 9.80 Å². The quantitative estimate of drug-likeness (QED) is 0.485. The molecule has 14 heavy (non-hydrogen) atoms. The average molecular weight is 211 g/mol. The lowest BCUT2D eigenvalue weighted by Gasteiger charge is -2.34. The van der Waals surface area contributed by atoms with E-state index in [0.29, 0.717) is 5.20 Å². The van der Waals surface area contributed by atoms with Gasteiger partial charge in [0.1, 0.15) is 6.17 Å². The predicted molar refractivity (Wildman–Crippen MR) is 55.6 cm³/mol. The summed E-state index contributed by atoms with van der Waals surface area (Å²) in [5, 5.41) is 0.570. The summed E-state index contributed by atoms with van der Waals surface area (Å²) in [6, 6.07) is 0. The molecule has 0 aromatic carbocycles. The maximum Gasteiger partial charge on any atom is 0.221 e. The van der Waals surface area contributed by atoms with Crippen LogP contribution in [0.2, 0.25) is 0 Å². The van der Waals surface area contributed by atoms with Gasteiger partial charge in [0.05, 0.1) is 10.2 Å². The Morgan fingerprint density at radius 1 is 1.14 bits per heavy atom. The molecule has 0 fully saturated rings. The van der Waals surface area contributed by atoms with Gasteiger partial charge in [-0.05, 0) is 0 Å². The highest BCUT2D eigenvalue weighted by Gasteiger charge is 2.23. The average Bonchev–Trinajstić information content (AvgIpc) is 2.03. The van der Waals surface area contributed by atoms with Gasteiger partial charge in [0.25, 0.3) is 0 Å². The molecule has 0 spiro atoms. The Labute approximate surface area is 88.0 Å². The molecule has 0 aliphatic heterocycles. The Kier molecular flexibility index (Phi) is 4.56. The van der Waals surface area contributed by atoms with Crippen LogP contribution in [0, 0.1) is 0 Å². The first-order valence-electron chi connectivity index (χ1n) is 4.16. The lowest BCUT2D eigenvalue weighted by molar-refractivity contribution is -0.138. The van der Waals surface area contributed by atoms with E-state index >= 15 is 0 Å². The zero-order valence-electron chi connectivity index (χ0n) is 9.00. The van der Waals surface area contributed by atoms with E-state index in [-0.39, 0.29) is 11.8 Å². The second-order valence-corrected chi connectivity index (χ2v) is 3.80. The van der Waals surface area contributed by atoms with E-state index in [2.05, 4.69) is 16.8 Å². The summed E-state index contributed by atoms with van der Waals surface area (Å²) in [5.41, 5.74) is 0. The van der Waals surface area contributed by atoms with Gasteiger partial charge in [0.2, 0.25) is 11.8 Å². The predicted octanol–water partition coefficient (Wildman–Crippen LogP) is -0.0487. The van der Waals surface area contributed by atoms with Crippen LogP contribution >= 0.6 is 0 Å². The smallest absolute Gasteiger partial charge is 0.221 e. The largest absolute Gasteiger partial charge is 0.322 e. The molecule has 0 aromatic heterocycles. The van der Waals surface area contributed by atoms with Gasteiger partial charge >= 0.3 is 0 Å². The molecule has 0 saturated heterocycles. The summed E-state index contributed by atoms with van der Waals surface area (Å²) in [5.74, 6) is -0.245. The van der Waals surface area contributed by atoms with Crippen molar-refractivity contribution in [2.24, 2.45) is 0 Å². The highest BCUT2D eigenvalue weighted by Crippen LogP contribution is 2.09. The summed E-state index contributed by atoms with van der Waals surface area (Å²) < 4.78 is 0. The van der Waals surface area contributed by atoms with E-state index < -0.39 is 6.17 Å². The lowest BCUT2D eigenvalue weighted by Crippen LogP contribution is -2.49. The van der Waals surface area contributed by atoms with Crippen LogP contribution in [0.15, 0.2) is 11.8 Å². The van der Waals surface area contributed by atoms with Gasteiger partial charge in [-0.25, -0.2) is 0 Å². The van der Waals surface area contributed by atoms with Crippen molar-refractivity contribution in [3.05, 3.63) is 11.8 Å². The number of likely N-dealkylation sites (N-methyl/N-ethyl adjacent to an activating group) is 2. The number of hydrogen-bond acceptors (Lipinski definition) is 2. The Morgan fingerprint density at radius 2 is 1.43 bits per heavy atom. The van der Waals surface area contributed by atoms with E-state index in [1.807, 2.05) is 0 Å². The summed E-state index contributed by atoms with van der Waals surface area (Å²) in [7, 11) is 6.49. The minimum absolute atomic E-state index is 0.123. The molecule has 3 radical (unpaired) electrons. The minimum atomic E-state index is -0.443. The van der Waals surface area contributed by atoms with Crippen LogP contribution in [0.5, 0.6) is 0 Å². The molecule has 4 nitrogen and oxygen atoms in total. The van der Waals surface area contributed by atoms with Crippen LogP contribution in [0.25, 0.3) is 0 Å². The monoisotopic (exact) mass is 211 g/mol. The van der Waals surface area contributed by atoms with Crippen LogP contribution in [0.4, 0.5) is 0 Å². The molecule has 2 amide bonds. The summed E-state index contributed by atoms with van der Waals surface area (Å²) in [6.45, 7) is 6.57. The van der Waals surface area contributed by atoms with Gasteiger partial charge < -0.3 is 9.80 Å². The van der Waals surface area contributed by atoms with Crippen LogP contribution in [-0.2, 0) is 9.59 Å². The molecule has 0 saturated carbocycles. The number of nitrogens with zero attached hydrogens (tertiary/aromatic N) is 2. The second-order valence-electron chi connectivity index (χ2n) is 3.16. The van der Waals surface area contributed by atoms with Crippen LogP contribution < -0.4 is 0 Å². The van der Waals surface area contributed by atoms with Crippen molar-refractivity contribution in [2.75, 3.05) is 14.1 Å². The third-order valence-electron chi connectivity index (χ3n) is 2.04. The molecular formula is C9H15N2O2Si. The highest BCUT2D eigenvalue weighted by molar-refractivity contribution is 6.22. The zero-order chi connectivity index (χ0) is 11.5. The molecule has 5 heteroatoms. The Bertz CT molecular complexity index is 246. The summed E-state index contributed by atoms with van der Waals surface area (Å²) in [6.07, 6.45) is -0.443. The Morgan fingerprint density at radius 3 is 1.57 bits per heavy atom. The third-order valence-corrected chi connectivity index (χ3v) is 2.30. The van der Waals surface area contributed by atoms with Crippen molar-refractivity contribution in [3.63, 3.8) is 0 Å². The first-order chi connectivity index (χ1) is 6.29. The fourth-order valence-electron chi connectivity index (χ4n) is 1.07. The summed E-state index contributed by atoms with van der Waals surface area (Å²) in [4.78, 5) is 25.2. The fourth-order valence-corrected chi connectivity index (χ4v) is 1.46. The Balaban J connectivity index is 4.86. The maximum atomic E-state index is 11.1. The molecule has 0 aliphatic rings. The molecule has 0 aliphatic carbocycles. The molecule has 0 rings (SSSR count). The topological polar surface area (TPSA) is 40.6 Å². The van der Waals surface area contributed by atoms with Crippen molar-refractivity contribution in [1.29, 1.82) is 0 Å². The number of amides is 2. The van der Waals surface area contributed by atoms with Crippen molar-refractivity contribution in [3.8, 4) is 0 Å². The molecule has 0 aromatic rings. The molecule has 0 unspecified atom stereocenters. The van der Waals surface area contributed by atoms with Crippen molar-refractivity contribution < 1.29 is 9.59 Å². The van der Waals surface area contributed by atoms with Gasteiger partial charge in [0.15, 0.2) is 0 Å². The van der Waals surface area contributed by atoms with Crippen molar-refractivity contribution >= 4 is 22.1 Å². The van der Waals surface area contributed by atoms with E-state index in [1.165, 1.54) is 23.6 Å². The van der Waals surface area contributed by atoms with Gasteiger partial charge in [0, 0.05) is 27.9 Å². The SMILES string of the molecule is C=C([Si])C(N(C)C(C)=O)N(C)C(C)=O. The third kappa shape index (κ3) is 2.99. The molecule has 0 bridgehead atoms. The number of carbonyl (C=O) groups is 2. The fraction of sp³-hybridized carbons (Fsp3) is 0.556. The molecule has 0 heterocycles. The van der Waals surface area contributed by atoms with Crippen LogP contribution in [-0.4, -0.2) is 52.1 Å². The highest BCUT2D eigenvalue weighted by atomic mass is 28.1. The van der Waals surface area contributed by atoms with E-state index in [1.54, 1.807) is 14.1 Å². The zero-order valence-corrected chi connectivity index (χ0v) is 10.00. The number of carbonyl (C=O) groups excluding carboxylic acids is 2. The van der Waals surface area contributed by atoms with Gasteiger partial charge in [-0.15, -0.1) is 6.58 Å². The van der Waals surface area contributed by atoms with Gasteiger partial charge in [-0.3, -0.25) is 9.59 Å². The first-order valence-corrected chi connectivity index (χ1v) is 4.66. The number of rotatable bonds is 3.